The van der Waals surface area contributed by atoms with Gasteiger partial charge in [0.25, 0.3) is 0 Å². The molecule has 1 aliphatic heterocycles. The molecule has 1 aromatic rings. The Labute approximate surface area is 149 Å². The van der Waals surface area contributed by atoms with E-state index in [-0.39, 0.29) is 11.8 Å². The van der Waals surface area contributed by atoms with Gasteiger partial charge in [0.05, 0.1) is 0 Å². The number of rotatable bonds is 7. The normalized spacial score (nSPS) is 13.3. The molecule has 0 atom stereocenters. The Kier molecular flexibility index (Phi) is 6.28. The van der Waals surface area contributed by atoms with E-state index in [1.54, 1.807) is 36.9 Å². The van der Waals surface area contributed by atoms with Crippen LogP contribution in [0.25, 0.3) is 0 Å². The Bertz CT molecular complexity index is 622. The third-order valence-corrected chi connectivity index (χ3v) is 4.18. The molecule has 1 N–H and O–H groups in total. The van der Waals surface area contributed by atoms with Crippen molar-refractivity contribution in [2.75, 3.05) is 31.6 Å². The molecule has 25 heavy (non-hydrogen) atoms. The van der Waals surface area contributed by atoms with Gasteiger partial charge in [0, 0.05) is 24.8 Å². The lowest BCUT2D eigenvalue weighted by atomic mass is 9.90. The van der Waals surface area contributed by atoms with E-state index in [2.05, 4.69) is 5.32 Å². The van der Waals surface area contributed by atoms with Crippen LogP contribution in [0, 0.1) is 5.41 Å². The molecule has 6 heteroatoms. The van der Waals surface area contributed by atoms with Crippen LogP contribution >= 0.6 is 0 Å². The van der Waals surface area contributed by atoms with Crippen molar-refractivity contribution in [3.63, 3.8) is 0 Å². The molecule has 0 saturated heterocycles. The summed E-state index contributed by atoms with van der Waals surface area (Å²) in [6, 6.07) is 5.24. The van der Waals surface area contributed by atoms with Crippen molar-refractivity contribution in [3.05, 3.63) is 18.2 Å². The quantitative estimate of drug-likeness (QED) is 0.769. The van der Waals surface area contributed by atoms with Crippen molar-refractivity contribution >= 4 is 17.5 Å². The summed E-state index contributed by atoms with van der Waals surface area (Å²) in [7, 11) is 0. The van der Waals surface area contributed by atoms with Crippen LogP contribution in [0.1, 0.15) is 40.5 Å². The van der Waals surface area contributed by atoms with Gasteiger partial charge in [-0.3, -0.25) is 9.59 Å². The van der Waals surface area contributed by atoms with Crippen molar-refractivity contribution in [1.29, 1.82) is 0 Å². The summed E-state index contributed by atoms with van der Waals surface area (Å²) >= 11 is 0. The van der Waals surface area contributed by atoms with E-state index < -0.39 is 5.41 Å². The van der Waals surface area contributed by atoms with E-state index in [1.807, 2.05) is 13.8 Å². The number of hydrogen-bond donors (Lipinski definition) is 1. The highest BCUT2D eigenvalue weighted by Crippen LogP contribution is 2.33. The van der Waals surface area contributed by atoms with Crippen molar-refractivity contribution in [3.8, 4) is 11.5 Å². The van der Waals surface area contributed by atoms with Crippen LogP contribution in [0.15, 0.2) is 18.2 Å². The zero-order valence-corrected chi connectivity index (χ0v) is 15.6. The topological polar surface area (TPSA) is 67.9 Å². The van der Waals surface area contributed by atoms with E-state index in [0.717, 1.165) is 12.8 Å². The number of benzene rings is 1. The van der Waals surface area contributed by atoms with Crippen molar-refractivity contribution in [2.24, 2.45) is 5.41 Å². The first-order valence-electron chi connectivity index (χ1n) is 8.90. The van der Waals surface area contributed by atoms with Gasteiger partial charge < -0.3 is 19.7 Å². The maximum Gasteiger partial charge on any atom is 0.239 e. The average Bonchev–Trinajstić information content (AvgIpc) is 2.60. The van der Waals surface area contributed by atoms with E-state index >= 15 is 0 Å². The molecule has 138 valence electrons. The van der Waals surface area contributed by atoms with Crippen molar-refractivity contribution < 1.29 is 19.1 Å². The maximum atomic E-state index is 12.8. The van der Waals surface area contributed by atoms with Gasteiger partial charge in [0.2, 0.25) is 11.8 Å². The lowest BCUT2D eigenvalue weighted by Crippen LogP contribution is -2.47. The van der Waals surface area contributed by atoms with Gasteiger partial charge in [0.1, 0.15) is 18.6 Å². The molecule has 1 aliphatic rings. The lowest BCUT2D eigenvalue weighted by Gasteiger charge is -2.31. The first-order valence-corrected chi connectivity index (χ1v) is 8.90. The molecule has 0 bridgehead atoms. The standard InChI is InChI=1S/C19H28N2O4/c1-5-9-21(10-6-2)18(23)19(3,4)17(22)20-14-7-8-15-16(13-14)25-12-11-24-15/h7-8,13H,5-6,9-12H2,1-4H3,(H,20,22). The van der Waals surface area contributed by atoms with Crippen molar-refractivity contribution in [1.82, 2.24) is 4.90 Å². The predicted octanol–water partition coefficient (Wildman–Crippen LogP) is 3.07. The van der Waals surface area contributed by atoms with Crippen LogP contribution < -0.4 is 14.8 Å². The fraction of sp³-hybridized carbons (Fsp3) is 0.579. The molecule has 0 spiro atoms. The number of nitrogens with zero attached hydrogens (tertiary/aromatic N) is 1. The SMILES string of the molecule is CCCN(CCC)C(=O)C(C)(C)C(=O)Nc1ccc2c(c1)OCCO2. The summed E-state index contributed by atoms with van der Waals surface area (Å²) in [5, 5.41) is 2.83. The van der Waals surface area contributed by atoms with Crippen molar-refractivity contribution in [2.45, 2.75) is 40.5 Å². The fourth-order valence-corrected chi connectivity index (χ4v) is 2.76. The Morgan fingerprint density at radius 1 is 1.08 bits per heavy atom. The van der Waals surface area contributed by atoms with Crippen LogP contribution in [-0.4, -0.2) is 43.0 Å². The highest BCUT2D eigenvalue weighted by atomic mass is 16.6. The van der Waals surface area contributed by atoms with E-state index in [4.69, 9.17) is 9.47 Å². The molecule has 0 radical (unpaired) electrons. The minimum absolute atomic E-state index is 0.147. The predicted molar refractivity (Wildman–Crippen MR) is 97.0 cm³/mol. The van der Waals surface area contributed by atoms with Gasteiger partial charge in [0.15, 0.2) is 11.5 Å². The molecule has 2 amide bonds. The van der Waals surface area contributed by atoms with Crippen LogP contribution in [0.3, 0.4) is 0 Å². The van der Waals surface area contributed by atoms with Gasteiger partial charge in [-0.05, 0) is 38.8 Å². The minimum Gasteiger partial charge on any atom is -0.486 e. The second-order valence-corrected chi connectivity index (χ2v) is 6.73. The highest BCUT2D eigenvalue weighted by Gasteiger charge is 2.39. The summed E-state index contributed by atoms with van der Waals surface area (Å²) in [5.74, 6) is 0.793. The van der Waals surface area contributed by atoms with E-state index in [1.165, 1.54) is 0 Å². The molecule has 1 heterocycles. The molecule has 2 rings (SSSR count). The van der Waals surface area contributed by atoms with Gasteiger partial charge in [-0.2, -0.15) is 0 Å². The molecule has 6 nitrogen and oxygen atoms in total. The molecule has 0 unspecified atom stereocenters. The van der Waals surface area contributed by atoms with Gasteiger partial charge in [-0.25, -0.2) is 0 Å². The third kappa shape index (κ3) is 4.44. The number of carbonyl (C=O) groups is 2. The van der Waals surface area contributed by atoms with Gasteiger partial charge in [-0.15, -0.1) is 0 Å². The summed E-state index contributed by atoms with van der Waals surface area (Å²) < 4.78 is 11.0. The first-order chi connectivity index (χ1) is 11.9. The van der Waals surface area contributed by atoms with Crippen LogP contribution in [0.5, 0.6) is 11.5 Å². The lowest BCUT2D eigenvalue weighted by molar-refractivity contribution is -0.146. The van der Waals surface area contributed by atoms with Gasteiger partial charge in [-0.1, -0.05) is 13.8 Å². The summed E-state index contributed by atoms with van der Waals surface area (Å²) in [6.45, 7) is 9.71. The maximum absolute atomic E-state index is 12.8. The average molecular weight is 348 g/mol. The number of fused-ring (bicyclic) bond motifs is 1. The summed E-state index contributed by atoms with van der Waals surface area (Å²) in [5.41, 5.74) is -0.551. The van der Waals surface area contributed by atoms with Gasteiger partial charge >= 0.3 is 0 Å². The number of ether oxygens (including phenoxy) is 2. The number of carbonyl (C=O) groups excluding carboxylic acids is 2. The molecule has 1 aromatic carbocycles. The Balaban J connectivity index is 2.11. The first kappa shape index (κ1) is 19.1. The molecular weight excluding hydrogens is 320 g/mol. The monoisotopic (exact) mass is 348 g/mol. The molecule has 0 saturated carbocycles. The molecular formula is C19H28N2O4. The molecule has 0 aliphatic carbocycles. The molecule has 0 fully saturated rings. The fourth-order valence-electron chi connectivity index (χ4n) is 2.76. The molecule has 0 aromatic heterocycles. The minimum atomic E-state index is -1.14. The third-order valence-electron chi connectivity index (χ3n) is 4.18. The second kappa shape index (κ2) is 8.23. The number of amides is 2. The number of anilines is 1. The summed E-state index contributed by atoms with van der Waals surface area (Å²) in [4.78, 5) is 27.3. The Morgan fingerprint density at radius 2 is 1.68 bits per heavy atom. The zero-order chi connectivity index (χ0) is 18.4. The van der Waals surface area contributed by atoms with E-state index in [9.17, 15) is 9.59 Å². The van der Waals surface area contributed by atoms with Crippen LogP contribution in [0.2, 0.25) is 0 Å². The Morgan fingerprint density at radius 3 is 2.28 bits per heavy atom. The van der Waals surface area contributed by atoms with Crippen LogP contribution in [0.4, 0.5) is 5.69 Å². The van der Waals surface area contributed by atoms with E-state index in [0.29, 0.717) is 43.5 Å². The Hall–Kier alpha value is -2.24. The highest BCUT2D eigenvalue weighted by molar-refractivity contribution is 6.09. The largest absolute Gasteiger partial charge is 0.486 e. The van der Waals surface area contributed by atoms with Crippen LogP contribution in [-0.2, 0) is 9.59 Å². The number of hydrogen-bond acceptors (Lipinski definition) is 4. The summed E-state index contributed by atoms with van der Waals surface area (Å²) in [6.07, 6.45) is 1.73. The number of nitrogens with one attached hydrogen (secondary N) is 1. The smallest absolute Gasteiger partial charge is 0.239 e. The second-order valence-electron chi connectivity index (χ2n) is 6.73. The zero-order valence-electron chi connectivity index (χ0n) is 15.6.